The lowest BCUT2D eigenvalue weighted by atomic mass is 10.0. The molecule has 2 saturated heterocycles. The molecule has 2 aliphatic rings. The molecule has 1 atom stereocenters. The van der Waals surface area contributed by atoms with Crippen molar-refractivity contribution in [2.45, 2.75) is 38.1 Å². The highest BCUT2D eigenvalue weighted by molar-refractivity contribution is 7.89. The molecule has 2 fully saturated rings. The summed E-state index contributed by atoms with van der Waals surface area (Å²) < 4.78 is 24.7. The number of piperidine rings is 1. The Morgan fingerprint density at radius 3 is 2.63 bits per heavy atom. The quantitative estimate of drug-likeness (QED) is 0.773. The standard InChI is InChI=1S/C12H23N3O3S/c13-10-11-4-1-2-7-15(11)12(16)5-8-14-6-3-9-19(14,17)18/h11H,1-10,13H2. The van der Waals surface area contributed by atoms with Crippen LogP contribution in [0, 0.1) is 0 Å². The van der Waals surface area contributed by atoms with Crippen LogP contribution in [0.1, 0.15) is 32.1 Å². The number of rotatable bonds is 4. The maximum absolute atomic E-state index is 12.2. The summed E-state index contributed by atoms with van der Waals surface area (Å²) in [5.74, 6) is 0.258. The van der Waals surface area contributed by atoms with E-state index in [9.17, 15) is 13.2 Å². The first-order valence-electron chi connectivity index (χ1n) is 7.02. The summed E-state index contributed by atoms with van der Waals surface area (Å²) in [7, 11) is -3.09. The zero-order valence-electron chi connectivity index (χ0n) is 11.3. The van der Waals surface area contributed by atoms with Crippen LogP contribution in [0.4, 0.5) is 0 Å². The number of likely N-dealkylation sites (tertiary alicyclic amines) is 1. The van der Waals surface area contributed by atoms with E-state index in [-0.39, 0.29) is 24.1 Å². The topological polar surface area (TPSA) is 83.7 Å². The van der Waals surface area contributed by atoms with Crippen LogP contribution in [0.25, 0.3) is 0 Å². The van der Waals surface area contributed by atoms with Crippen molar-refractivity contribution in [1.82, 2.24) is 9.21 Å². The highest BCUT2D eigenvalue weighted by atomic mass is 32.2. The minimum Gasteiger partial charge on any atom is -0.338 e. The van der Waals surface area contributed by atoms with Gasteiger partial charge in [-0.25, -0.2) is 12.7 Å². The first-order valence-corrected chi connectivity index (χ1v) is 8.63. The van der Waals surface area contributed by atoms with E-state index in [1.165, 1.54) is 4.31 Å². The largest absolute Gasteiger partial charge is 0.338 e. The fraction of sp³-hybridized carbons (Fsp3) is 0.917. The Bertz CT molecular complexity index is 424. The molecule has 2 heterocycles. The lowest BCUT2D eigenvalue weighted by Gasteiger charge is -2.35. The molecule has 0 radical (unpaired) electrons. The molecule has 2 aliphatic heterocycles. The summed E-state index contributed by atoms with van der Waals surface area (Å²) in [5.41, 5.74) is 5.69. The maximum atomic E-state index is 12.2. The van der Waals surface area contributed by atoms with Crippen LogP contribution in [0.5, 0.6) is 0 Å². The summed E-state index contributed by atoms with van der Waals surface area (Å²) in [4.78, 5) is 14.0. The van der Waals surface area contributed by atoms with Crippen LogP contribution in [-0.2, 0) is 14.8 Å². The van der Waals surface area contributed by atoms with Crippen molar-refractivity contribution in [3.8, 4) is 0 Å². The Hall–Kier alpha value is -0.660. The first kappa shape index (κ1) is 14.7. The van der Waals surface area contributed by atoms with Gasteiger partial charge in [-0.05, 0) is 25.7 Å². The number of carbonyl (C=O) groups excluding carboxylic acids is 1. The van der Waals surface area contributed by atoms with Gasteiger partial charge in [0.15, 0.2) is 0 Å². The van der Waals surface area contributed by atoms with E-state index in [0.29, 0.717) is 26.1 Å². The van der Waals surface area contributed by atoms with Crippen molar-refractivity contribution in [3.63, 3.8) is 0 Å². The zero-order valence-corrected chi connectivity index (χ0v) is 12.1. The average molecular weight is 289 g/mol. The summed E-state index contributed by atoms with van der Waals surface area (Å²) >= 11 is 0. The predicted molar refractivity (Wildman–Crippen MR) is 73.0 cm³/mol. The van der Waals surface area contributed by atoms with Crippen molar-refractivity contribution in [2.75, 3.05) is 31.9 Å². The number of nitrogens with zero attached hydrogens (tertiary/aromatic N) is 2. The molecule has 6 nitrogen and oxygen atoms in total. The van der Waals surface area contributed by atoms with Crippen molar-refractivity contribution < 1.29 is 13.2 Å². The van der Waals surface area contributed by atoms with Gasteiger partial charge in [-0.1, -0.05) is 0 Å². The molecule has 7 heteroatoms. The Labute approximate surface area is 115 Å². The van der Waals surface area contributed by atoms with Gasteiger partial charge in [-0.3, -0.25) is 4.79 Å². The minimum atomic E-state index is -3.09. The summed E-state index contributed by atoms with van der Waals surface area (Å²) in [6.07, 6.45) is 4.04. The van der Waals surface area contributed by atoms with Crippen molar-refractivity contribution in [2.24, 2.45) is 5.73 Å². The van der Waals surface area contributed by atoms with Gasteiger partial charge < -0.3 is 10.6 Å². The lowest BCUT2D eigenvalue weighted by Crippen LogP contribution is -2.48. The first-order chi connectivity index (χ1) is 9.04. The number of amides is 1. The third-order valence-electron chi connectivity index (χ3n) is 4.00. The molecule has 0 aliphatic carbocycles. The molecular weight excluding hydrogens is 266 g/mol. The molecule has 110 valence electrons. The van der Waals surface area contributed by atoms with Crippen LogP contribution in [0.15, 0.2) is 0 Å². The summed E-state index contributed by atoms with van der Waals surface area (Å²) in [6, 6.07) is 0.136. The molecule has 1 amide bonds. The van der Waals surface area contributed by atoms with Crippen molar-refractivity contribution in [3.05, 3.63) is 0 Å². The van der Waals surface area contributed by atoms with Crippen LogP contribution in [0.3, 0.4) is 0 Å². The van der Waals surface area contributed by atoms with E-state index in [0.717, 1.165) is 25.8 Å². The third-order valence-corrected chi connectivity index (χ3v) is 5.95. The summed E-state index contributed by atoms with van der Waals surface area (Å²) in [5, 5.41) is 0. The average Bonchev–Trinajstić information content (AvgIpc) is 2.75. The molecule has 19 heavy (non-hydrogen) atoms. The van der Waals surface area contributed by atoms with Crippen LogP contribution in [0.2, 0.25) is 0 Å². The van der Waals surface area contributed by atoms with Crippen molar-refractivity contribution in [1.29, 1.82) is 0 Å². The third kappa shape index (κ3) is 3.46. The Morgan fingerprint density at radius 1 is 1.21 bits per heavy atom. The van der Waals surface area contributed by atoms with Crippen LogP contribution < -0.4 is 5.73 Å². The van der Waals surface area contributed by atoms with E-state index in [1.807, 2.05) is 4.90 Å². The van der Waals surface area contributed by atoms with Gasteiger partial charge in [0, 0.05) is 38.6 Å². The molecule has 1 unspecified atom stereocenters. The maximum Gasteiger partial charge on any atom is 0.224 e. The Morgan fingerprint density at radius 2 is 2.00 bits per heavy atom. The highest BCUT2D eigenvalue weighted by Gasteiger charge is 2.30. The molecule has 0 spiro atoms. The fourth-order valence-corrected chi connectivity index (χ4v) is 4.41. The monoisotopic (exact) mass is 289 g/mol. The molecule has 0 aromatic carbocycles. The number of nitrogens with two attached hydrogens (primary N) is 1. The second kappa shape index (κ2) is 6.19. The van der Waals surface area contributed by atoms with Gasteiger partial charge in [0.1, 0.15) is 0 Å². The summed E-state index contributed by atoms with van der Waals surface area (Å²) in [6.45, 7) is 2.12. The van der Waals surface area contributed by atoms with Gasteiger partial charge in [0.25, 0.3) is 0 Å². The zero-order chi connectivity index (χ0) is 13.9. The van der Waals surface area contributed by atoms with E-state index >= 15 is 0 Å². The van der Waals surface area contributed by atoms with Crippen LogP contribution >= 0.6 is 0 Å². The smallest absolute Gasteiger partial charge is 0.224 e. The molecular formula is C12H23N3O3S. The normalized spacial score (nSPS) is 27.6. The molecule has 2 N–H and O–H groups in total. The van der Waals surface area contributed by atoms with E-state index in [1.54, 1.807) is 0 Å². The highest BCUT2D eigenvalue weighted by Crippen LogP contribution is 2.18. The SMILES string of the molecule is NCC1CCCCN1C(=O)CCN1CCCS1(=O)=O. The molecule has 0 saturated carbocycles. The van der Waals surface area contributed by atoms with Gasteiger partial charge in [-0.15, -0.1) is 0 Å². The second-order valence-corrected chi connectivity index (χ2v) is 7.38. The number of hydrogen-bond acceptors (Lipinski definition) is 4. The van der Waals surface area contributed by atoms with E-state index in [4.69, 9.17) is 5.73 Å². The van der Waals surface area contributed by atoms with Gasteiger partial charge in [-0.2, -0.15) is 0 Å². The van der Waals surface area contributed by atoms with Crippen molar-refractivity contribution >= 4 is 15.9 Å². The number of carbonyl (C=O) groups is 1. The predicted octanol–water partition coefficient (Wildman–Crippen LogP) is -0.248. The van der Waals surface area contributed by atoms with Gasteiger partial charge in [0.2, 0.25) is 15.9 Å². The number of hydrogen-bond donors (Lipinski definition) is 1. The molecule has 0 aromatic rings. The Balaban J connectivity index is 1.87. The molecule has 0 bridgehead atoms. The lowest BCUT2D eigenvalue weighted by molar-refractivity contribution is -0.134. The second-order valence-electron chi connectivity index (χ2n) is 5.29. The van der Waals surface area contributed by atoms with E-state index in [2.05, 4.69) is 0 Å². The van der Waals surface area contributed by atoms with Gasteiger partial charge in [0.05, 0.1) is 5.75 Å². The van der Waals surface area contributed by atoms with Crippen LogP contribution in [-0.4, -0.2) is 61.5 Å². The van der Waals surface area contributed by atoms with Gasteiger partial charge >= 0.3 is 0 Å². The molecule has 2 rings (SSSR count). The minimum absolute atomic E-state index is 0.0391. The fourth-order valence-electron chi connectivity index (χ4n) is 2.88. The number of sulfonamides is 1. The Kier molecular flexibility index (Phi) is 4.81. The van der Waals surface area contributed by atoms with E-state index < -0.39 is 10.0 Å². The molecule has 0 aromatic heterocycles.